The lowest BCUT2D eigenvalue weighted by Gasteiger charge is -2.17. The highest BCUT2D eigenvalue weighted by Crippen LogP contribution is 2.26. The molecule has 1 aromatic rings. The molecule has 0 aliphatic heterocycles. The fourth-order valence-corrected chi connectivity index (χ4v) is 2.27. The summed E-state index contributed by atoms with van der Waals surface area (Å²) in [6.45, 7) is 7.29. The Kier molecular flexibility index (Phi) is 5.07. The number of rotatable bonds is 4. The maximum absolute atomic E-state index is 11.7. The average Bonchev–Trinajstić information content (AvgIpc) is 2.73. The summed E-state index contributed by atoms with van der Waals surface area (Å²) in [5.41, 5.74) is 0.707. The van der Waals surface area contributed by atoms with Crippen molar-refractivity contribution in [2.24, 2.45) is 0 Å². The summed E-state index contributed by atoms with van der Waals surface area (Å²) in [6.07, 6.45) is -1.19. The van der Waals surface area contributed by atoms with E-state index < -0.39 is 24.1 Å². The molecule has 8 heteroatoms. The second-order valence-electron chi connectivity index (χ2n) is 5.44. The molecule has 1 aromatic heterocycles. The zero-order valence-electron chi connectivity index (χ0n) is 11.8. The van der Waals surface area contributed by atoms with Gasteiger partial charge in [-0.25, -0.2) is 14.6 Å². The second-order valence-corrected chi connectivity index (χ2v) is 6.30. The van der Waals surface area contributed by atoms with Gasteiger partial charge in [0.2, 0.25) is 0 Å². The monoisotopic (exact) mass is 301 g/mol. The van der Waals surface area contributed by atoms with Crippen LogP contribution in [0.15, 0.2) is 5.38 Å². The smallest absolute Gasteiger partial charge is 0.328 e. The molecule has 0 saturated heterocycles. The maximum Gasteiger partial charge on any atom is 0.328 e. The van der Waals surface area contributed by atoms with E-state index in [0.29, 0.717) is 5.13 Å². The number of anilines is 1. The molecule has 2 amide bonds. The van der Waals surface area contributed by atoms with Crippen LogP contribution in [-0.4, -0.2) is 39.3 Å². The van der Waals surface area contributed by atoms with Crippen LogP contribution in [0.1, 0.15) is 33.4 Å². The molecule has 0 bridgehead atoms. The van der Waals surface area contributed by atoms with Crippen LogP contribution in [0.5, 0.6) is 0 Å². The number of thiazole rings is 1. The molecule has 0 fully saturated rings. The lowest BCUT2D eigenvalue weighted by Crippen LogP contribution is -2.49. The van der Waals surface area contributed by atoms with Gasteiger partial charge < -0.3 is 15.5 Å². The van der Waals surface area contributed by atoms with Crippen molar-refractivity contribution in [3.05, 3.63) is 11.1 Å². The number of urea groups is 1. The molecule has 1 rings (SSSR count). The lowest BCUT2D eigenvalue weighted by molar-refractivity contribution is -0.141. The van der Waals surface area contributed by atoms with Gasteiger partial charge in [-0.15, -0.1) is 11.3 Å². The van der Waals surface area contributed by atoms with Crippen LogP contribution in [0.4, 0.5) is 9.93 Å². The third-order valence-electron chi connectivity index (χ3n) is 2.53. The van der Waals surface area contributed by atoms with Gasteiger partial charge in [-0.1, -0.05) is 20.8 Å². The van der Waals surface area contributed by atoms with Crippen molar-refractivity contribution in [1.29, 1.82) is 0 Å². The number of amides is 2. The lowest BCUT2D eigenvalue weighted by atomic mass is 9.93. The van der Waals surface area contributed by atoms with E-state index in [1.807, 2.05) is 26.2 Å². The number of hydrogen-bond acceptors (Lipinski definition) is 5. The number of aromatic nitrogens is 1. The topological polar surface area (TPSA) is 112 Å². The van der Waals surface area contributed by atoms with Gasteiger partial charge in [0.25, 0.3) is 0 Å². The number of aliphatic hydroxyl groups excluding tert-OH is 1. The maximum atomic E-state index is 11.7. The quantitative estimate of drug-likeness (QED) is 0.671. The first-order chi connectivity index (χ1) is 9.11. The third kappa shape index (κ3) is 4.46. The van der Waals surface area contributed by atoms with Crippen LogP contribution in [0, 0.1) is 0 Å². The van der Waals surface area contributed by atoms with E-state index in [0.717, 1.165) is 5.69 Å². The Bertz CT molecular complexity index is 493. The van der Waals surface area contributed by atoms with E-state index in [1.165, 1.54) is 18.3 Å². The molecule has 2 atom stereocenters. The number of nitrogens with one attached hydrogen (secondary N) is 2. The van der Waals surface area contributed by atoms with Gasteiger partial charge in [-0.3, -0.25) is 5.32 Å². The van der Waals surface area contributed by atoms with E-state index >= 15 is 0 Å². The van der Waals surface area contributed by atoms with Crippen LogP contribution in [0.2, 0.25) is 0 Å². The van der Waals surface area contributed by atoms with Crippen LogP contribution < -0.4 is 10.6 Å². The summed E-state index contributed by atoms with van der Waals surface area (Å²) >= 11 is 1.26. The van der Waals surface area contributed by atoms with Gasteiger partial charge >= 0.3 is 12.0 Å². The number of carbonyl (C=O) groups is 2. The van der Waals surface area contributed by atoms with Crippen molar-refractivity contribution in [1.82, 2.24) is 10.3 Å². The normalized spacial score (nSPS) is 14.4. The van der Waals surface area contributed by atoms with E-state index in [1.54, 1.807) is 0 Å². The molecule has 2 unspecified atom stereocenters. The van der Waals surface area contributed by atoms with Crippen molar-refractivity contribution < 1.29 is 19.8 Å². The van der Waals surface area contributed by atoms with Crippen molar-refractivity contribution in [3.8, 4) is 0 Å². The highest BCUT2D eigenvalue weighted by molar-refractivity contribution is 7.13. The molecule has 20 heavy (non-hydrogen) atoms. The molecule has 0 radical (unpaired) electrons. The summed E-state index contributed by atoms with van der Waals surface area (Å²) in [5, 5.41) is 25.0. The number of nitrogens with zero attached hydrogens (tertiary/aromatic N) is 1. The number of carbonyl (C=O) groups excluding carboxylic acids is 1. The molecule has 0 saturated carbocycles. The fraction of sp³-hybridized carbons (Fsp3) is 0.583. The third-order valence-corrected chi connectivity index (χ3v) is 3.29. The molecule has 0 spiro atoms. The molecule has 0 aliphatic carbocycles. The summed E-state index contributed by atoms with van der Waals surface area (Å²) in [6, 6.07) is -2.08. The van der Waals surface area contributed by atoms with E-state index in [9.17, 15) is 14.7 Å². The Morgan fingerprint density at radius 1 is 1.40 bits per heavy atom. The number of aliphatic carboxylic acids is 1. The van der Waals surface area contributed by atoms with Crippen molar-refractivity contribution >= 4 is 28.5 Å². The van der Waals surface area contributed by atoms with Gasteiger partial charge in [0, 0.05) is 10.8 Å². The van der Waals surface area contributed by atoms with Gasteiger partial charge in [-0.05, 0) is 6.92 Å². The van der Waals surface area contributed by atoms with Crippen LogP contribution in [0.3, 0.4) is 0 Å². The van der Waals surface area contributed by atoms with Crippen molar-refractivity contribution in [2.45, 2.75) is 45.3 Å². The Balaban J connectivity index is 2.67. The fourth-order valence-electron chi connectivity index (χ4n) is 1.34. The number of carboxylic acid groups (broad SMARTS) is 1. The van der Waals surface area contributed by atoms with E-state index in [4.69, 9.17) is 5.11 Å². The van der Waals surface area contributed by atoms with E-state index in [-0.39, 0.29) is 5.41 Å². The highest BCUT2D eigenvalue weighted by atomic mass is 32.1. The molecule has 1 heterocycles. The Labute approximate surface area is 121 Å². The van der Waals surface area contributed by atoms with Crippen molar-refractivity contribution in [3.63, 3.8) is 0 Å². The van der Waals surface area contributed by atoms with Crippen LogP contribution in [0.25, 0.3) is 0 Å². The SMILES string of the molecule is CC(O)C(NC(=O)Nc1nc(C(C)(C)C)cs1)C(=O)O. The minimum absolute atomic E-state index is 0.129. The van der Waals surface area contributed by atoms with Crippen LogP contribution in [-0.2, 0) is 10.2 Å². The number of hydrogen-bond donors (Lipinski definition) is 4. The average molecular weight is 301 g/mol. The summed E-state index contributed by atoms with van der Waals surface area (Å²) < 4.78 is 0. The molecule has 0 aliphatic rings. The summed E-state index contributed by atoms with van der Waals surface area (Å²) in [5.74, 6) is -1.30. The first-order valence-corrected chi connectivity index (χ1v) is 6.93. The number of aliphatic hydroxyl groups is 1. The Hall–Kier alpha value is -1.67. The molecule has 0 aromatic carbocycles. The molecule has 7 nitrogen and oxygen atoms in total. The zero-order chi connectivity index (χ0) is 15.5. The predicted octanol–water partition coefficient (Wildman–Crippen LogP) is 1.40. The summed E-state index contributed by atoms with van der Waals surface area (Å²) in [4.78, 5) is 26.8. The van der Waals surface area contributed by atoms with Gasteiger partial charge in [0.15, 0.2) is 11.2 Å². The van der Waals surface area contributed by atoms with Gasteiger partial charge in [-0.2, -0.15) is 0 Å². The minimum Gasteiger partial charge on any atom is -0.480 e. The number of carboxylic acids is 1. The van der Waals surface area contributed by atoms with Gasteiger partial charge in [0.05, 0.1) is 11.8 Å². The largest absolute Gasteiger partial charge is 0.480 e. The first-order valence-electron chi connectivity index (χ1n) is 6.05. The van der Waals surface area contributed by atoms with Crippen molar-refractivity contribution in [2.75, 3.05) is 5.32 Å². The molecule has 112 valence electrons. The molecule has 4 N–H and O–H groups in total. The van der Waals surface area contributed by atoms with Gasteiger partial charge in [0.1, 0.15) is 0 Å². The zero-order valence-corrected chi connectivity index (χ0v) is 12.6. The Morgan fingerprint density at radius 3 is 2.40 bits per heavy atom. The highest BCUT2D eigenvalue weighted by Gasteiger charge is 2.25. The second kappa shape index (κ2) is 6.19. The van der Waals surface area contributed by atoms with Crippen LogP contribution >= 0.6 is 11.3 Å². The Morgan fingerprint density at radius 2 is 2.00 bits per heavy atom. The molecular formula is C12H19N3O4S. The standard InChI is InChI=1S/C12H19N3O4S/c1-6(16)8(9(17)18)14-10(19)15-11-13-7(5-20-11)12(2,3)4/h5-6,8,16H,1-4H3,(H,17,18)(H2,13,14,15,19). The first kappa shape index (κ1) is 16.4. The summed E-state index contributed by atoms with van der Waals surface area (Å²) in [7, 11) is 0. The van der Waals surface area contributed by atoms with E-state index in [2.05, 4.69) is 15.6 Å². The molecular weight excluding hydrogens is 282 g/mol. The minimum atomic E-state index is -1.36. The predicted molar refractivity (Wildman–Crippen MR) is 76.1 cm³/mol.